The number of amides is 1. The normalized spacial score (nSPS) is 17.1. The van der Waals surface area contributed by atoms with Crippen molar-refractivity contribution >= 4 is 11.6 Å². The summed E-state index contributed by atoms with van der Waals surface area (Å²) in [5.74, 6) is -0.297. The van der Waals surface area contributed by atoms with E-state index in [0.29, 0.717) is 12.0 Å². The van der Waals surface area contributed by atoms with Crippen LogP contribution in [0, 0.1) is 12.7 Å². The third-order valence-electron chi connectivity index (χ3n) is 10.3. The highest BCUT2D eigenvalue weighted by atomic mass is 19.1. The zero-order chi connectivity index (χ0) is 33.5. The average Bonchev–Trinajstić information content (AvgIpc) is 3.10. The number of fused-ring (bicyclic) bond motifs is 1. The summed E-state index contributed by atoms with van der Waals surface area (Å²) in [6.07, 6.45) is 0.648. The van der Waals surface area contributed by atoms with E-state index in [1.54, 1.807) is 12.1 Å². The molecule has 0 unspecified atom stereocenters. The molecule has 0 fully saturated rings. The monoisotopic (exact) mass is 629 g/mol. The number of halogens is 1. The SMILES string of the molecule is Cc1ccc(C(=O)N2c3ccc(C(c4ccccc4)(c4ccccc4)c4ccccc4)cc3[C@@](C)(c3ccc(F)cc3)CC2(C)C)cc1. The molecule has 48 heavy (non-hydrogen) atoms. The van der Waals surface area contributed by atoms with Gasteiger partial charge in [-0.2, -0.15) is 0 Å². The second-order valence-corrected chi connectivity index (χ2v) is 13.9. The van der Waals surface area contributed by atoms with Crippen LogP contribution in [0.2, 0.25) is 0 Å². The number of hydrogen-bond donors (Lipinski definition) is 0. The molecule has 0 spiro atoms. The molecule has 0 aromatic heterocycles. The molecule has 6 aromatic carbocycles. The topological polar surface area (TPSA) is 20.3 Å². The van der Waals surface area contributed by atoms with Crippen molar-refractivity contribution in [1.82, 2.24) is 0 Å². The lowest BCUT2D eigenvalue weighted by molar-refractivity contribution is 0.0948. The molecule has 0 N–H and O–H groups in total. The fourth-order valence-electron chi connectivity index (χ4n) is 8.12. The number of hydrogen-bond acceptors (Lipinski definition) is 1. The van der Waals surface area contributed by atoms with Crippen molar-refractivity contribution in [2.75, 3.05) is 4.90 Å². The van der Waals surface area contributed by atoms with Crippen LogP contribution in [0.15, 0.2) is 158 Å². The molecule has 7 rings (SSSR count). The summed E-state index contributed by atoms with van der Waals surface area (Å²) in [4.78, 5) is 16.5. The van der Waals surface area contributed by atoms with Crippen molar-refractivity contribution in [1.29, 1.82) is 0 Å². The minimum absolute atomic E-state index is 0.0319. The van der Waals surface area contributed by atoms with Gasteiger partial charge in [0.25, 0.3) is 5.91 Å². The minimum atomic E-state index is -0.652. The number of benzene rings is 6. The van der Waals surface area contributed by atoms with Crippen LogP contribution < -0.4 is 4.90 Å². The maximum absolute atomic E-state index is 14.5. The van der Waals surface area contributed by atoms with E-state index in [2.05, 4.69) is 130 Å². The van der Waals surface area contributed by atoms with Crippen LogP contribution in [0.25, 0.3) is 0 Å². The summed E-state index contributed by atoms with van der Waals surface area (Å²) < 4.78 is 14.3. The largest absolute Gasteiger partial charge is 0.302 e. The van der Waals surface area contributed by atoms with Gasteiger partial charge in [-0.3, -0.25) is 4.79 Å². The average molecular weight is 630 g/mol. The maximum atomic E-state index is 14.5. The number of carbonyl (C=O) groups excluding carboxylic acids is 1. The fourth-order valence-corrected chi connectivity index (χ4v) is 8.12. The van der Waals surface area contributed by atoms with E-state index in [1.807, 2.05) is 48.2 Å². The number of carbonyl (C=O) groups is 1. The minimum Gasteiger partial charge on any atom is -0.302 e. The summed E-state index contributed by atoms with van der Waals surface area (Å²) in [6, 6.07) is 53.3. The molecule has 0 bridgehead atoms. The molecule has 3 heteroatoms. The zero-order valence-electron chi connectivity index (χ0n) is 28.0. The number of aryl methyl sites for hydroxylation is 1. The molecular formula is C45H40FNO. The standard InChI is InChI=1S/C45H40FNO/c1-32-20-22-33(23-21-32)42(48)47-41-29-26-38(30-40(41)44(4,31-43(47,2)3)34-24-27-39(46)28-25-34)45(35-14-8-5-9-15-35,36-16-10-6-11-17-36)37-18-12-7-13-19-37/h5-30H,31H2,1-4H3/t44-/m1/s1. The van der Waals surface area contributed by atoms with Gasteiger partial charge in [-0.1, -0.05) is 140 Å². The van der Waals surface area contributed by atoms with Gasteiger partial charge < -0.3 is 4.90 Å². The molecule has 2 nitrogen and oxygen atoms in total. The van der Waals surface area contributed by atoms with Crippen LogP contribution in [0.1, 0.15) is 76.5 Å². The van der Waals surface area contributed by atoms with Gasteiger partial charge in [0, 0.05) is 22.2 Å². The molecule has 0 aliphatic carbocycles. The predicted molar refractivity (Wildman–Crippen MR) is 194 cm³/mol. The van der Waals surface area contributed by atoms with Gasteiger partial charge in [0.1, 0.15) is 5.82 Å². The molecule has 0 saturated carbocycles. The number of nitrogens with zero attached hydrogens (tertiary/aromatic N) is 1. The van der Waals surface area contributed by atoms with Crippen LogP contribution in [0.3, 0.4) is 0 Å². The highest BCUT2D eigenvalue weighted by molar-refractivity contribution is 6.08. The number of anilines is 1. The van der Waals surface area contributed by atoms with Crippen LogP contribution >= 0.6 is 0 Å². The molecule has 1 aliphatic rings. The Morgan fingerprint density at radius 2 is 1.12 bits per heavy atom. The van der Waals surface area contributed by atoms with E-state index in [-0.39, 0.29) is 11.7 Å². The molecule has 1 heterocycles. The summed E-state index contributed by atoms with van der Waals surface area (Å²) in [5, 5.41) is 0. The zero-order valence-corrected chi connectivity index (χ0v) is 28.0. The first-order valence-electron chi connectivity index (χ1n) is 16.6. The van der Waals surface area contributed by atoms with E-state index in [9.17, 15) is 9.18 Å². The van der Waals surface area contributed by atoms with Gasteiger partial charge in [0.2, 0.25) is 0 Å². The molecule has 1 aliphatic heterocycles. The van der Waals surface area contributed by atoms with Crippen molar-refractivity contribution in [3.63, 3.8) is 0 Å². The Hall–Kier alpha value is -5.28. The highest BCUT2D eigenvalue weighted by Crippen LogP contribution is 2.54. The smallest absolute Gasteiger partial charge is 0.258 e. The molecule has 1 amide bonds. The van der Waals surface area contributed by atoms with Gasteiger partial charge in [-0.05, 0) is 90.9 Å². The first kappa shape index (κ1) is 31.3. The molecule has 238 valence electrons. The van der Waals surface area contributed by atoms with Gasteiger partial charge in [-0.15, -0.1) is 0 Å². The Kier molecular flexibility index (Phi) is 7.87. The lowest BCUT2D eigenvalue weighted by Gasteiger charge is -2.52. The van der Waals surface area contributed by atoms with Crippen molar-refractivity contribution in [2.24, 2.45) is 0 Å². The second-order valence-electron chi connectivity index (χ2n) is 13.9. The van der Waals surface area contributed by atoms with Crippen molar-refractivity contribution in [2.45, 2.75) is 50.5 Å². The summed E-state index contributed by atoms with van der Waals surface area (Å²) in [5.41, 5.74) is 7.51. The van der Waals surface area contributed by atoms with E-state index in [4.69, 9.17) is 0 Å². The van der Waals surface area contributed by atoms with E-state index >= 15 is 0 Å². The van der Waals surface area contributed by atoms with E-state index in [0.717, 1.165) is 44.6 Å². The molecule has 6 aromatic rings. The Bertz CT molecular complexity index is 1960. The lowest BCUT2D eigenvalue weighted by atomic mass is 9.61. The highest BCUT2D eigenvalue weighted by Gasteiger charge is 2.49. The number of rotatable bonds is 6. The predicted octanol–water partition coefficient (Wildman–Crippen LogP) is 10.7. The van der Waals surface area contributed by atoms with Gasteiger partial charge >= 0.3 is 0 Å². The summed E-state index contributed by atoms with van der Waals surface area (Å²) in [6.45, 7) is 8.55. The Morgan fingerprint density at radius 1 is 0.625 bits per heavy atom. The fraction of sp³-hybridized carbons (Fsp3) is 0.178. The van der Waals surface area contributed by atoms with Gasteiger partial charge in [0.15, 0.2) is 0 Å². The lowest BCUT2D eigenvalue weighted by Crippen LogP contribution is -2.56. The maximum Gasteiger partial charge on any atom is 0.258 e. The van der Waals surface area contributed by atoms with Crippen molar-refractivity contribution in [3.8, 4) is 0 Å². The molecule has 1 atom stereocenters. The van der Waals surface area contributed by atoms with Gasteiger partial charge in [-0.25, -0.2) is 4.39 Å². The first-order chi connectivity index (χ1) is 23.1. The Morgan fingerprint density at radius 3 is 1.62 bits per heavy atom. The Labute approximate surface area is 283 Å². The Balaban J connectivity index is 1.55. The van der Waals surface area contributed by atoms with Gasteiger partial charge in [0.05, 0.1) is 5.41 Å². The summed E-state index contributed by atoms with van der Waals surface area (Å²) >= 11 is 0. The molecule has 0 radical (unpaired) electrons. The van der Waals surface area contributed by atoms with E-state index < -0.39 is 16.4 Å². The third-order valence-corrected chi connectivity index (χ3v) is 10.3. The van der Waals surface area contributed by atoms with Crippen LogP contribution in [-0.2, 0) is 10.8 Å². The van der Waals surface area contributed by atoms with Crippen LogP contribution in [0.4, 0.5) is 10.1 Å². The third kappa shape index (κ3) is 5.15. The molecule has 0 saturated heterocycles. The first-order valence-corrected chi connectivity index (χ1v) is 16.6. The van der Waals surface area contributed by atoms with Crippen LogP contribution in [-0.4, -0.2) is 11.4 Å². The van der Waals surface area contributed by atoms with Crippen molar-refractivity contribution < 1.29 is 9.18 Å². The summed E-state index contributed by atoms with van der Waals surface area (Å²) in [7, 11) is 0. The van der Waals surface area contributed by atoms with E-state index in [1.165, 1.54) is 0 Å². The van der Waals surface area contributed by atoms with Crippen molar-refractivity contribution in [3.05, 3.63) is 208 Å². The quantitative estimate of drug-likeness (QED) is 0.168. The van der Waals surface area contributed by atoms with Crippen LogP contribution in [0.5, 0.6) is 0 Å². The molecular weight excluding hydrogens is 589 g/mol. The second kappa shape index (κ2) is 12.1.